The number of aromatic nitrogens is 2. The minimum atomic E-state index is -0.982. The number of nitrogens with zero attached hydrogens (tertiary/aromatic N) is 4. The van der Waals surface area contributed by atoms with Crippen molar-refractivity contribution in [2.45, 2.75) is 168 Å². The van der Waals surface area contributed by atoms with Crippen molar-refractivity contribution >= 4 is 53.0 Å². The molecule has 18 heteroatoms. The Hall–Kier alpha value is -5.94. The number of nitrogens with one attached hydrogen (secondary N) is 5. The average molecular weight is 954 g/mol. The predicted octanol–water partition coefficient (Wildman–Crippen LogP) is 4.82. The molecule has 1 aromatic carbocycles. The van der Waals surface area contributed by atoms with Gasteiger partial charge in [-0.3, -0.25) is 38.9 Å². The lowest BCUT2D eigenvalue weighted by molar-refractivity contribution is -0.165. The number of hydrogen-bond donors (Lipinski definition) is 5. The molecular weight excluding hydrogens is 883 g/mol. The molecule has 3 aliphatic heterocycles. The molecule has 69 heavy (non-hydrogen) atoms. The fraction of sp³-hybridized carbons (Fsp3) is 0.647. The van der Waals surface area contributed by atoms with Crippen LogP contribution in [0.15, 0.2) is 30.6 Å². The molecule has 374 valence electrons. The summed E-state index contributed by atoms with van der Waals surface area (Å²) in [6.45, 7) is 12.9. The minimum absolute atomic E-state index is 0.00242. The third-order valence-corrected chi connectivity index (χ3v) is 14.3. The van der Waals surface area contributed by atoms with E-state index in [1.165, 1.54) is 12.4 Å². The molecule has 7 amide bonds. The molecule has 0 spiro atoms. The number of hydrogen-bond acceptors (Lipinski definition) is 12. The Morgan fingerprint density at radius 1 is 0.812 bits per heavy atom. The van der Waals surface area contributed by atoms with Gasteiger partial charge in [-0.15, -0.1) is 0 Å². The van der Waals surface area contributed by atoms with E-state index in [1.807, 2.05) is 53.7 Å². The van der Waals surface area contributed by atoms with E-state index in [1.54, 1.807) is 15.9 Å². The van der Waals surface area contributed by atoms with Gasteiger partial charge in [-0.05, 0) is 101 Å². The number of likely N-dealkylation sites (tertiary alicyclic amines) is 1. The summed E-state index contributed by atoms with van der Waals surface area (Å²) < 4.78 is 5.83. The zero-order chi connectivity index (χ0) is 49.6. The Labute approximate surface area is 405 Å². The second-order valence-electron chi connectivity index (χ2n) is 21.6. The van der Waals surface area contributed by atoms with Gasteiger partial charge in [-0.1, -0.05) is 65.4 Å². The van der Waals surface area contributed by atoms with Gasteiger partial charge in [0.2, 0.25) is 23.6 Å². The van der Waals surface area contributed by atoms with E-state index in [0.29, 0.717) is 38.2 Å². The quantitative estimate of drug-likeness (QED) is 0.0816. The molecule has 4 heterocycles. The number of anilines is 1. The van der Waals surface area contributed by atoms with Crippen LogP contribution in [0, 0.1) is 23.2 Å². The molecule has 18 nitrogen and oxygen atoms in total. The third-order valence-electron chi connectivity index (χ3n) is 14.3. The first kappa shape index (κ1) is 50.9. The van der Waals surface area contributed by atoms with E-state index in [-0.39, 0.29) is 53.3 Å². The Morgan fingerprint density at radius 3 is 2.17 bits per heavy atom. The van der Waals surface area contributed by atoms with Gasteiger partial charge in [0, 0.05) is 49.4 Å². The van der Waals surface area contributed by atoms with Crippen LogP contribution in [0.2, 0.25) is 0 Å². The largest absolute Gasteiger partial charge is 0.458 e. The van der Waals surface area contributed by atoms with Gasteiger partial charge >= 0.3 is 5.97 Å². The van der Waals surface area contributed by atoms with Crippen molar-refractivity contribution in [3.05, 3.63) is 53.1 Å². The van der Waals surface area contributed by atoms with E-state index >= 15 is 0 Å². The summed E-state index contributed by atoms with van der Waals surface area (Å²) in [4.78, 5) is 118. The van der Waals surface area contributed by atoms with Crippen LogP contribution >= 0.6 is 0 Å². The van der Waals surface area contributed by atoms with E-state index in [0.717, 1.165) is 88.3 Å². The molecule has 0 radical (unpaired) electrons. The highest BCUT2D eigenvalue weighted by atomic mass is 16.6. The monoisotopic (exact) mass is 954 g/mol. The molecule has 7 rings (SSSR count). The smallest absolute Gasteiger partial charge is 0.329 e. The molecule has 1 aromatic heterocycles. The van der Waals surface area contributed by atoms with Gasteiger partial charge < -0.3 is 35.8 Å². The van der Waals surface area contributed by atoms with Crippen molar-refractivity contribution in [2.24, 2.45) is 23.2 Å². The number of carbonyl (C=O) groups is 8. The van der Waals surface area contributed by atoms with Crippen LogP contribution in [0.5, 0.6) is 0 Å². The summed E-state index contributed by atoms with van der Waals surface area (Å²) in [5.74, 6) is -3.24. The highest BCUT2D eigenvalue weighted by molar-refractivity contribution is 6.06. The number of amides is 7. The van der Waals surface area contributed by atoms with E-state index < -0.39 is 64.8 Å². The van der Waals surface area contributed by atoms with Gasteiger partial charge in [-0.25, -0.2) is 14.8 Å². The molecule has 2 saturated carbocycles. The third kappa shape index (κ3) is 12.3. The Kier molecular flexibility index (Phi) is 16.1. The van der Waals surface area contributed by atoms with Crippen LogP contribution in [0.3, 0.4) is 0 Å². The first-order valence-electron chi connectivity index (χ1n) is 25.1. The molecule has 5 N–H and O–H groups in total. The van der Waals surface area contributed by atoms with Gasteiger partial charge in [-0.2, -0.15) is 0 Å². The highest BCUT2D eigenvalue weighted by Crippen LogP contribution is 2.44. The number of ether oxygens (including phenoxy) is 1. The Bertz CT molecular complexity index is 2270. The van der Waals surface area contributed by atoms with E-state index in [9.17, 15) is 38.4 Å². The Morgan fingerprint density at radius 2 is 1.51 bits per heavy atom. The number of fused-ring (bicyclic) bond motifs is 2. The van der Waals surface area contributed by atoms with Crippen molar-refractivity contribution in [1.29, 1.82) is 0 Å². The molecule has 2 aromatic rings. The van der Waals surface area contributed by atoms with Crippen molar-refractivity contribution in [3.8, 4) is 0 Å². The van der Waals surface area contributed by atoms with Crippen molar-refractivity contribution in [1.82, 2.24) is 41.0 Å². The lowest BCUT2D eigenvalue weighted by Gasteiger charge is -2.38. The first-order valence-corrected chi connectivity index (χ1v) is 25.1. The number of rotatable bonds is 17. The van der Waals surface area contributed by atoms with Gasteiger partial charge in [0.15, 0.2) is 0 Å². The molecular formula is C51H71N9O9. The molecule has 5 aliphatic rings. The Balaban J connectivity index is 0.879. The number of imide groups is 1. The lowest BCUT2D eigenvalue weighted by Crippen LogP contribution is -2.61. The number of piperidine rings is 1. The molecule has 2 aliphatic carbocycles. The van der Waals surface area contributed by atoms with Crippen molar-refractivity contribution in [3.63, 3.8) is 0 Å². The highest BCUT2D eigenvalue weighted by Gasteiger charge is 2.53. The summed E-state index contributed by atoms with van der Waals surface area (Å²) in [6.07, 6.45) is 13.3. The summed E-state index contributed by atoms with van der Waals surface area (Å²) in [7, 11) is 0. The summed E-state index contributed by atoms with van der Waals surface area (Å²) in [5, 5.41) is 14.6. The van der Waals surface area contributed by atoms with Gasteiger partial charge in [0.25, 0.3) is 17.7 Å². The second-order valence-corrected chi connectivity index (χ2v) is 21.6. The fourth-order valence-electron chi connectivity index (χ4n) is 10.8. The molecule has 0 bridgehead atoms. The topological polar surface area (TPSA) is 238 Å². The summed E-state index contributed by atoms with van der Waals surface area (Å²) >= 11 is 0. The van der Waals surface area contributed by atoms with Crippen molar-refractivity contribution < 1.29 is 43.1 Å². The zero-order valence-corrected chi connectivity index (χ0v) is 41.1. The summed E-state index contributed by atoms with van der Waals surface area (Å²) in [5.41, 5.74) is 0.778. The predicted molar refractivity (Wildman–Crippen MR) is 255 cm³/mol. The number of esters is 1. The first-order chi connectivity index (χ1) is 32.8. The fourth-order valence-corrected chi connectivity index (χ4v) is 10.8. The van der Waals surface area contributed by atoms with Crippen LogP contribution in [-0.4, -0.2) is 116 Å². The molecule has 2 unspecified atom stereocenters. The molecule has 6 atom stereocenters. The van der Waals surface area contributed by atoms with E-state index in [4.69, 9.17) is 4.74 Å². The zero-order valence-electron chi connectivity index (χ0n) is 41.1. The van der Waals surface area contributed by atoms with Crippen LogP contribution in [0.4, 0.5) is 5.69 Å². The van der Waals surface area contributed by atoms with Crippen LogP contribution < -0.4 is 26.6 Å². The maximum atomic E-state index is 14.6. The molecule has 2 saturated heterocycles. The SMILES string of the molecule is CC(C)(C)OC(=O)[C@@H]1C2CCC[C@H]2CN1C(=O)[C@@H](NC(=O)[C@@H](NC(=O)c1cnc(C(=O)NCCCCCCNc2cccc3c2CN(C2CCC(=O)NC2=O)C3=O)cn1)C1CCCCC1)C(C)(C)C. The van der Waals surface area contributed by atoms with Gasteiger partial charge in [0.1, 0.15) is 41.2 Å². The van der Waals surface area contributed by atoms with Crippen LogP contribution in [0.25, 0.3) is 0 Å². The summed E-state index contributed by atoms with van der Waals surface area (Å²) in [6, 6.07) is 2.15. The second kappa shape index (κ2) is 21.8. The van der Waals surface area contributed by atoms with Crippen LogP contribution in [-0.2, 0) is 35.3 Å². The normalized spacial score (nSPS) is 22.6. The average Bonchev–Trinajstić information content (AvgIpc) is 4.01. The van der Waals surface area contributed by atoms with Crippen LogP contribution in [0.1, 0.15) is 168 Å². The standard InChI is InChI=1S/C51H71N9O9/c1-50(2,3)42(48(67)60-28-31-18-14-19-32(31)41(60)49(68)69-51(4,5)6)58-46(65)40(30-16-10-9-11-17-30)57-44(63)37-27-54-36(26-55-37)43(62)53-25-13-8-7-12-24-52-35-21-15-20-33-34(35)29-59(47(33)66)38-22-23-39(61)56-45(38)64/h15,20-21,26-27,30-32,38,40-42,52H,7-14,16-19,22-25,28-29H2,1-6H3,(H,53,62)(H,57,63)(H,58,65)(H,56,61,64)/t31-,32?,38?,40-,41-,42+/m0/s1. The minimum Gasteiger partial charge on any atom is -0.458 e. The van der Waals surface area contributed by atoms with Gasteiger partial charge in [0.05, 0.1) is 12.4 Å². The van der Waals surface area contributed by atoms with Crippen molar-refractivity contribution in [2.75, 3.05) is 25.0 Å². The number of carbonyl (C=O) groups excluding carboxylic acids is 8. The number of unbranched alkanes of at least 4 members (excludes halogenated alkanes) is 3. The lowest BCUT2D eigenvalue weighted by atomic mass is 9.82. The maximum Gasteiger partial charge on any atom is 0.329 e. The number of benzene rings is 1. The maximum absolute atomic E-state index is 14.6. The van der Waals surface area contributed by atoms with E-state index in [2.05, 4.69) is 36.6 Å². The molecule has 4 fully saturated rings.